The van der Waals surface area contributed by atoms with Crippen LogP contribution in [0, 0.1) is 0 Å². The summed E-state index contributed by atoms with van der Waals surface area (Å²) in [6, 6.07) is -0.854. The first-order valence-corrected chi connectivity index (χ1v) is 37.3. The molecule has 0 aromatic carbocycles. The monoisotopic (exact) mass is 1190 g/mol. The van der Waals surface area contributed by atoms with E-state index in [9.17, 15) is 38.2 Å². The SMILES string of the molecule is CCCCCCCCCCCCCCCCCCCCCCCCCCCCCCCCCCCCCCCCCC(=O)NC(COC1OC(CO)C(O)C(OS(=O)(=O)O)C1O)C(O)CCCCCCCCCCCCCCCCCC. The molecule has 0 radical (unpaired) electrons. The van der Waals surface area contributed by atoms with E-state index >= 15 is 0 Å². The predicted octanol–water partition coefficient (Wildman–Crippen LogP) is 18.8. The van der Waals surface area contributed by atoms with E-state index in [-0.39, 0.29) is 12.5 Å². The number of hydrogen-bond acceptors (Lipinski definition) is 10. The first kappa shape index (κ1) is 79.1. The number of nitrogens with one attached hydrogen (secondary N) is 1. The number of ether oxygens (including phenoxy) is 2. The van der Waals surface area contributed by atoms with Crippen LogP contribution in [0.15, 0.2) is 0 Å². The van der Waals surface area contributed by atoms with Crippen molar-refractivity contribution in [3.8, 4) is 0 Å². The Balaban J connectivity index is 2.11. The third-order valence-electron chi connectivity index (χ3n) is 17.7. The molecule has 1 saturated heterocycles. The predicted molar refractivity (Wildman–Crippen MR) is 343 cm³/mol. The number of rotatable bonds is 65. The summed E-state index contributed by atoms with van der Waals surface area (Å²) in [4.78, 5) is 13.2. The van der Waals surface area contributed by atoms with Crippen molar-refractivity contribution in [2.45, 2.75) is 423 Å². The molecule has 0 saturated carbocycles. The van der Waals surface area contributed by atoms with Gasteiger partial charge in [-0.3, -0.25) is 9.35 Å². The minimum Gasteiger partial charge on any atom is -0.394 e. The molecule has 12 nitrogen and oxygen atoms in total. The molecule has 1 aliphatic heterocycles. The molecule has 13 heteroatoms. The van der Waals surface area contributed by atoms with Gasteiger partial charge in [-0.25, -0.2) is 4.18 Å². The Kier molecular flexibility index (Phi) is 57.0. The summed E-state index contributed by atoms with van der Waals surface area (Å²) < 4.78 is 48.0. The van der Waals surface area contributed by atoms with Crippen molar-refractivity contribution in [2.24, 2.45) is 0 Å². The molecule has 490 valence electrons. The van der Waals surface area contributed by atoms with Gasteiger partial charge >= 0.3 is 10.4 Å². The van der Waals surface area contributed by atoms with E-state index in [4.69, 9.17) is 9.47 Å². The average Bonchev–Trinajstić information content (AvgIpc) is 3.62. The van der Waals surface area contributed by atoms with Crippen LogP contribution in [0.3, 0.4) is 0 Å². The number of aliphatic hydroxyl groups excluding tert-OH is 4. The molecule has 0 aliphatic carbocycles. The van der Waals surface area contributed by atoms with Gasteiger partial charge in [-0.05, 0) is 12.8 Å². The van der Waals surface area contributed by atoms with Gasteiger partial charge in [0, 0.05) is 6.42 Å². The lowest BCUT2D eigenvalue weighted by Crippen LogP contribution is -2.61. The second-order valence-electron chi connectivity index (χ2n) is 25.5. The molecule has 6 N–H and O–H groups in total. The Hall–Kier alpha value is -0.900. The zero-order valence-electron chi connectivity index (χ0n) is 53.9. The first-order chi connectivity index (χ1) is 40.0. The number of unbranched alkanes of at least 4 members (excludes halogenated alkanes) is 53. The summed E-state index contributed by atoms with van der Waals surface area (Å²) in [5.41, 5.74) is 0. The van der Waals surface area contributed by atoms with Crippen molar-refractivity contribution in [3.63, 3.8) is 0 Å². The number of aliphatic hydroxyl groups is 4. The van der Waals surface area contributed by atoms with E-state index in [2.05, 4.69) is 23.3 Å². The lowest BCUT2D eigenvalue weighted by molar-refractivity contribution is -0.298. The highest BCUT2D eigenvalue weighted by Gasteiger charge is 2.48. The van der Waals surface area contributed by atoms with Crippen molar-refractivity contribution in [3.05, 3.63) is 0 Å². The lowest BCUT2D eigenvalue weighted by atomic mass is 9.99. The molecule has 1 fully saturated rings. The molecule has 7 unspecified atom stereocenters. The Morgan fingerprint density at radius 3 is 0.976 bits per heavy atom. The molecule has 82 heavy (non-hydrogen) atoms. The molecule has 0 aromatic heterocycles. The fourth-order valence-corrected chi connectivity index (χ4v) is 12.7. The lowest BCUT2D eigenvalue weighted by Gasteiger charge is -2.41. The van der Waals surface area contributed by atoms with E-state index in [0.29, 0.717) is 12.8 Å². The zero-order chi connectivity index (χ0) is 59.7. The maximum absolute atomic E-state index is 13.2. The molecule has 7 atom stereocenters. The summed E-state index contributed by atoms with van der Waals surface area (Å²) in [5, 5.41) is 45.2. The zero-order valence-corrected chi connectivity index (χ0v) is 54.7. The van der Waals surface area contributed by atoms with Gasteiger partial charge in [-0.15, -0.1) is 0 Å². The Labute approximate surface area is 507 Å². The second kappa shape index (κ2) is 59.1. The number of hydrogen-bond donors (Lipinski definition) is 6. The number of carbonyl (C=O) groups is 1. The van der Waals surface area contributed by atoms with E-state index in [0.717, 1.165) is 51.4 Å². The molecule has 1 heterocycles. The van der Waals surface area contributed by atoms with Gasteiger partial charge in [0.05, 0.1) is 25.4 Å². The van der Waals surface area contributed by atoms with Crippen LogP contribution in [0.2, 0.25) is 0 Å². The van der Waals surface area contributed by atoms with E-state index < -0.39 is 59.9 Å². The molecular weight excluding hydrogens is 1050 g/mol. The van der Waals surface area contributed by atoms with Crippen molar-refractivity contribution in [2.75, 3.05) is 13.2 Å². The summed E-state index contributed by atoms with van der Waals surface area (Å²) in [6.07, 6.45) is 64.6. The molecule has 0 spiro atoms. The highest BCUT2D eigenvalue weighted by atomic mass is 32.3. The second-order valence-corrected chi connectivity index (χ2v) is 26.6. The minimum atomic E-state index is -5.08. The van der Waals surface area contributed by atoms with Crippen LogP contribution >= 0.6 is 0 Å². The summed E-state index contributed by atoms with van der Waals surface area (Å²) in [5.74, 6) is -0.220. The number of amides is 1. The third kappa shape index (κ3) is 50.1. The molecule has 0 bridgehead atoms. The van der Waals surface area contributed by atoms with E-state index in [1.165, 1.54) is 302 Å². The van der Waals surface area contributed by atoms with Crippen molar-refractivity contribution in [1.82, 2.24) is 5.32 Å². The van der Waals surface area contributed by atoms with E-state index in [1.807, 2.05) is 0 Å². The van der Waals surface area contributed by atoms with Gasteiger partial charge in [0.15, 0.2) is 6.29 Å². The highest BCUT2D eigenvalue weighted by molar-refractivity contribution is 7.80. The summed E-state index contributed by atoms with van der Waals surface area (Å²) in [7, 11) is -5.08. The first-order valence-electron chi connectivity index (χ1n) is 35.9. The molecule has 1 rings (SSSR count). The number of carbonyl (C=O) groups excluding carboxylic acids is 1. The average molecular weight is 1190 g/mol. The maximum atomic E-state index is 13.2. The standard InChI is InChI=1S/C69H137NO11S/c1-3-5-7-9-11-13-15-17-19-21-22-23-24-25-26-27-28-29-30-31-32-33-34-35-36-37-38-39-40-41-42-43-45-47-49-51-53-55-57-59-65(73)70-62(61-79-69-67(75)68(81-82(76,77)78)66(74)64(60-71)80-69)63(72)58-56-54-52-50-48-46-44-20-18-16-14-12-10-8-6-4-2/h62-64,66-69,71-72,74-75H,3-61H2,1-2H3,(H,70,73)(H,76,77,78). The van der Waals surface area contributed by atoms with Gasteiger partial charge in [0.2, 0.25) is 5.91 Å². The molecular formula is C69H137NO11S. The largest absolute Gasteiger partial charge is 0.397 e. The molecule has 0 aromatic rings. The fraction of sp³-hybridized carbons (Fsp3) is 0.986. The normalized spacial score (nSPS) is 18.4. The van der Waals surface area contributed by atoms with Crippen molar-refractivity contribution < 1.29 is 51.8 Å². The summed E-state index contributed by atoms with van der Waals surface area (Å²) >= 11 is 0. The Morgan fingerprint density at radius 2 is 0.707 bits per heavy atom. The minimum absolute atomic E-state index is 0.220. The maximum Gasteiger partial charge on any atom is 0.397 e. The van der Waals surface area contributed by atoms with Crippen LogP contribution in [-0.2, 0) is 28.9 Å². The van der Waals surface area contributed by atoms with Gasteiger partial charge in [-0.1, -0.05) is 361 Å². The van der Waals surface area contributed by atoms with Gasteiger partial charge < -0.3 is 35.2 Å². The smallest absolute Gasteiger partial charge is 0.394 e. The van der Waals surface area contributed by atoms with Gasteiger partial charge in [-0.2, -0.15) is 8.42 Å². The quantitative estimate of drug-likeness (QED) is 0.0251. The van der Waals surface area contributed by atoms with Crippen LogP contribution in [0.4, 0.5) is 0 Å². The van der Waals surface area contributed by atoms with Crippen LogP contribution in [0.25, 0.3) is 0 Å². The highest BCUT2D eigenvalue weighted by Crippen LogP contribution is 2.27. The van der Waals surface area contributed by atoms with Gasteiger partial charge in [0.25, 0.3) is 0 Å². The van der Waals surface area contributed by atoms with Gasteiger partial charge in [0.1, 0.15) is 24.4 Å². The molecule has 1 amide bonds. The van der Waals surface area contributed by atoms with E-state index in [1.54, 1.807) is 0 Å². The molecule has 1 aliphatic rings. The van der Waals surface area contributed by atoms with Crippen molar-refractivity contribution in [1.29, 1.82) is 0 Å². The fourth-order valence-electron chi connectivity index (χ4n) is 12.2. The van der Waals surface area contributed by atoms with Crippen LogP contribution in [0.1, 0.15) is 380 Å². The van der Waals surface area contributed by atoms with Crippen LogP contribution in [-0.4, -0.2) is 95.4 Å². The summed E-state index contributed by atoms with van der Waals surface area (Å²) in [6.45, 7) is 3.52. The van der Waals surface area contributed by atoms with Crippen molar-refractivity contribution >= 4 is 16.3 Å². The third-order valence-corrected chi connectivity index (χ3v) is 18.1. The Morgan fingerprint density at radius 1 is 0.439 bits per heavy atom. The topological polar surface area (TPSA) is 192 Å². The Bertz CT molecular complexity index is 1440. The van der Waals surface area contributed by atoms with Crippen LogP contribution in [0.5, 0.6) is 0 Å². The van der Waals surface area contributed by atoms with Crippen LogP contribution < -0.4 is 5.32 Å².